The number of ketones is 1. The summed E-state index contributed by atoms with van der Waals surface area (Å²) in [6.07, 6.45) is 7.93. The highest BCUT2D eigenvalue weighted by molar-refractivity contribution is 5.95. The van der Waals surface area contributed by atoms with Crippen LogP contribution in [0, 0.1) is 17.2 Å². The van der Waals surface area contributed by atoms with Crippen molar-refractivity contribution in [2.45, 2.75) is 102 Å². The summed E-state index contributed by atoms with van der Waals surface area (Å²) in [6.45, 7) is 7.12. The van der Waals surface area contributed by atoms with Crippen LogP contribution in [0.2, 0.25) is 0 Å². The maximum absolute atomic E-state index is 13.9. The van der Waals surface area contributed by atoms with Gasteiger partial charge in [0.2, 0.25) is 0 Å². The van der Waals surface area contributed by atoms with E-state index in [2.05, 4.69) is 24.5 Å². The van der Waals surface area contributed by atoms with Crippen LogP contribution in [0.25, 0.3) is 0 Å². The van der Waals surface area contributed by atoms with Gasteiger partial charge in [0.1, 0.15) is 0 Å². The molecule has 0 amide bonds. The van der Waals surface area contributed by atoms with Gasteiger partial charge < -0.3 is 31.1 Å². The van der Waals surface area contributed by atoms with Crippen molar-refractivity contribution in [1.29, 1.82) is 5.41 Å². The molecule has 11 heteroatoms. The third-order valence-corrected chi connectivity index (χ3v) is 7.94. The first-order valence-electron chi connectivity index (χ1n) is 13.2. The number of carboxylic acid groups (broad SMARTS) is 1. The van der Waals surface area contributed by atoms with Crippen molar-refractivity contribution in [3.05, 3.63) is 0 Å². The Morgan fingerprint density at radius 2 is 1.81 bits per heavy atom. The smallest absolute Gasteiger partial charge is 0.305 e. The van der Waals surface area contributed by atoms with Crippen LogP contribution in [-0.2, 0) is 14.3 Å². The van der Waals surface area contributed by atoms with E-state index in [1.807, 2.05) is 4.90 Å². The number of guanidine groups is 1. The summed E-state index contributed by atoms with van der Waals surface area (Å²) in [5.41, 5.74) is 4.84. The zero-order valence-electron chi connectivity index (χ0n) is 21.8. The van der Waals surface area contributed by atoms with Crippen LogP contribution in [0.15, 0.2) is 0 Å². The highest BCUT2D eigenvalue weighted by atomic mass is 35.5. The Hall–Kier alpha value is -1.13. The molecule has 3 aliphatic rings. The van der Waals surface area contributed by atoms with Crippen LogP contribution in [0.1, 0.15) is 78.1 Å². The molecule has 4 atom stereocenters. The number of Topliss-reactive ketones (excluding diaryl/α,β-unsaturated/α-hetero) is 1. The second-order valence-electron chi connectivity index (χ2n) is 11.0. The molecule has 3 rings (SSSR count). The molecule has 0 spiro atoms. The standard InChI is InChI=1S/C25H45N5O4.2ClH/c1-17-13-18(2)15-19(14-17)29-21(16-22(31)32)23(33)25(7-3-4-9-28-25)8-12-34-20-5-10-30(11-6-20)24(26)27;;/h17-21,28-29H,3-16H2,1-2H3,(H3,26,27)(H,31,32);2*1H/t17?,18?,19?,21-,25?;;/m0../s1. The molecule has 210 valence electrons. The quantitative estimate of drug-likeness (QED) is 0.206. The van der Waals surface area contributed by atoms with Gasteiger partial charge in [-0.2, -0.15) is 0 Å². The molecule has 2 heterocycles. The second kappa shape index (κ2) is 15.3. The van der Waals surface area contributed by atoms with Crippen LogP contribution in [0.4, 0.5) is 0 Å². The Morgan fingerprint density at radius 1 is 1.17 bits per heavy atom. The number of carbonyl (C=O) groups is 2. The van der Waals surface area contributed by atoms with E-state index < -0.39 is 17.6 Å². The predicted molar refractivity (Wildman–Crippen MR) is 146 cm³/mol. The number of nitrogens with zero attached hydrogens (tertiary/aromatic N) is 1. The van der Waals surface area contributed by atoms with E-state index in [4.69, 9.17) is 15.9 Å². The van der Waals surface area contributed by atoms with E-state index in [0.717, 1.165) is 45.1 Å². The number of hydrogen-bond donors (Lipinski definition) is 5. The molecule has 3 fully saturated rings. The summed E-state index contributed by atoms with van der Waals surface area (Å²) in [5, 5.41) is 24.1. The summed E-state index contributed by atoms with van der Waals surface area (Å²) in [5.74, 6) is 0.295. The number of hydrogen-bond acceptors (Lipinski definition) is 6. The Kier molecular flexibility index (Phi) is 14.0. The number of nitrogens with one attached hydrogen (secondary N) is 3. The average molecular weight is 553 g/mol. The zero-order chi connectivity index (χ0) is 24.7. The van der Waals surface area contributed by atoms with Crippen molar-refractivity contribution in [3.8, 4) is 0 Å². The Bertz CT molecular complexity index is 705. The van der Waals surface area contributed by atoms with Gasteiger partial charge in [0.15, 0.2) is 11.7 Å². The third-order valence-electron chi connectivity index (χ3n) is 7.94. The van der Waals surface area contributed by atoms with Gasteiger partial charge in [0, 0.05) is 25.7 Å². The van der Waals surface area contributed by atoms with Crippen LogP contribution < -0.4 is 16.4 Å². The summed E-state index contributed by atoms with van der Waals surface area (Å²) < 4.78 is 6.16. The highest BCUT2D eigenvalue weighted by Crippen LogP contribution is 2.31. The maximum Gasteiger partial charge on any atom is 0.305 e. The number of aliphatic carboxylic acids is 1. The largest absolute Gasteiger partial charge is 0.481 e. The molecule has 36 heavy (non-hydrogen) atoms. The minimum Gasteiger partial charge on any atom is -0.481 e. The lowest BCUT2D eigenvalue weighted by atomic mass is 9.77. The minimum atomic E-state index is -0.942. The lowest BCUT2D eigenvalue weighted by Gasteiger charge is -2.41. The zero-order valence-corrected chi connectivity index (χ0v) is 23.4. The molecule has 0 aromatic carbocycles. The van der Waals surface area contributed by atoms with Crippen molar-refractivity contribution >= 4 is 42.5 Å². The molecule has 0 aromatic heterocycles. The topological polar surface area (TPSA) is 141 Å². The molecule has 2 aliphatic heterocycles. The minimum absolute atomic E-state index is 0. The molecule has 6 N–H and O–H groups in total. The van der Waals surface area contributed by atoms with Gasteiger partial charge in [0.25, 0.3) is 0 Å². The maximum atomic E-state index is 13.9. The van der Waals surface area contributed by atoms with Gasteiger partial charge in [-0.15, -0.1) is 24.8 Å². The molecule has 0 bridgehead atoms. The molecule has 3 unspecified atom stereocenters. The van der Waals surface area contributed by atoms with Crippen molar-refractivity contribution in [2.24, 2.45) is 17.6 Å². The number of halogens is 2. The lowest BCUT2D eigenvalue weighted by molar-refractivity contribution is -0.141. The molecule has 2 saturated heterocycles. The molecule has 1 saturated carbocycles. The molecule has 0 radical (unpaired) electrons. The van der Waals surface area contributed by atoms with E-state index in [9.17, 15) is 14.7 Å². The first kappa shape index (κ1) is 32.9. The van der Waals surface area contributed by atoms with Gasteiger partial charge in [-0.05, 0) is 76.2 Å². The number of piperidine rings is 2. The number of ether oxygens (including phenoxy) is 1. The second-order valence-corrected chi connectivity index (χ2v) is 11.0. The van der Waals surface area contributed by atoms with E-state index >= 15 is 0 Å². The van der Waals surface area contributed by atoms with Gasteiger partial charge in [0.05, 0.1) is 24.1 Å². The van der Waals surface area contributed by atoms with Gasteiger partial charge >= 0.3 is 5.97 Å². The predicted octanol–water partition coefficient (Wildman–Crippen LogP) is 2.93. The van der Waals surface area contributed by atoms with Gasteiger partial charge in [-0.25, -0.2) is 0 Å². The molecular weight excluding hydrogens is 505 g/mol. The van der Waals surface area contributed by atoms with Gasteiger partial charge in [-0.1, -0.05) is 13.8 Å². The Balaban J connectivity index is 0.00000324. The molecule has 1 aliphatic carbocycles. The number of likely N-dealkylation sites (tertiary alicyclic amines) is 1. The third kappa shape index (κ3) is 9.31. The summed E-state index contributed by atoms with van der Waals surface area (Å²) in [4.78, 5) is 27.5. The van der Waals surface area contributed by atoms with E-state index in [-0.39, 0.29) is 55.1 Å². The first-order chi connectivity index (χ1) is 16.2. The number of carbonyl (C=O) groups excluding carboxylic acids is 1. The van der Waals surface area contributed by atoms with Gasteiger partial charge in [-0.3, -0.25) is 15.0 Å². The van der Waals surface area contributed by atoms with E-state index in [1.165, 1.54) is 6.42 Å². The summed E-state index contributed by atoms with van der Waals surface area (Å²) >= 11 is 0. The molecular formula is C25H47Cl2N5O4. The number of rotatable bonds is 10. The summed E-state index contributed by atoms with van der Waals surface area (Å²) in [7, 11) is 0. The van der Waals surface area contributed by atoms with Crippen LogP contribution >= 0.6 is 24.8 Å². The lowest BCUT2D eigenvalue weighted by Crippen LogP contribution is -2.62. The SMILES string of the molecule is CC1CC(C)CC(N[C@@H](CC(=O)O)C(=O)C2(CCOC3CCN(C(=N)N)CC3)CCCCN2)C1.Cl.Cl. The number of carboxylic acids is 1. The fraction of sp³-hybridized carbons (Fsp3) is 0.880. The Morgan fingerprint density at radius 3 is 2.33 bits per heavy atom. The van der Waals surface area contributed by atoms with Crippen LogP contribution in [0.5, 0.6) is 0 Å². The molecule has 0 aromatic rings. The molecule has 9 nitrogen and oxygen atoms in total. The number of nitrogens with two attached hydrogens (primary N) is 1. The van der Waals surface area contributed by atoms with Crippen molar-refractivity contribution in [3.63, 3.8) is 0 Å². The van der Waals surface area contributed by atoms with E-state index in [1.54, 1.807) is 0 Å². The summed E-state index contributed by atoms with van der Waals surface area (Å²) in [6, 6.07) is -0.514. The normalized spacial score (nSPS) is 29.9. The van der Waals surface area contributed by atoms with Crippen molar-refractivity contribution in [2.75, 3.05) is 26.2 Å². The van der Waals surface area contributed by atoms with E-state index in [0.29, 0.717) is 44.4 Å². The first-order valence-corrected chi connectivity index (χ1v) is 13.2. The Labute approximate surface area is 228 Å². The highest BCUT2D eigenvalue weighted by Gasteiger charge is 2.44. The fourth-order valence-electron chi connectivity index (χ4n) is 6.28. The van der Waals surface area contributed by atoms with Crippen LogP contribution in [0.3, 0.4) is 0 Å². The van der Waals surface area contributed by atoms with Crippen molar-refractivity contribution < 1.29 is 19.4 Å². The fourth-order valence-corrected chi connectivity index (χ4v) is 6.28. The average Bonchev–Trinajstić information content (AvgIpc) is 2.78. The van der Waals surface area contributed by atoms with Crippen LogP contribution in [-0.4, -0.2) is 77.7 Å². The monoisotopic (exact) mass is 551 g/mol. The van der Waals surface area contributed by atoms with Crippen molar-refractivity contribution in [1.82, 2.24) is 15.5 Å².